The fourth-order valence-electron chi connectivity index (χ4n) is 3.37. The van der Waals surface area contributed by atoms with Crippen LogP contribution in [0.2, 0.25) is 10.0 Å². The number of nitrogens with zero attached hydrogens (tertiary/aromatic N) is 1. The number of nitrogens with one attached hydrogen (secondary N) is 1. The average molecular weight is 453 g/mol. The molecule has 0 saturated carbocycles. The number of amides is 2. The van der Waals surface area contributed by atoms with Crippen LogP contribution in [-0.4, -0.2) is 18.9 Å². The predicted molar refractivity (Wildman–Crippen MR) is 124 cm³/mol. The maximum Gasteiger partial charge on any atom is 0.282 e. The molecule has 0 saturated heterocycles. The molecular formula is C24H18Cl2N2O3. The molecule has 0 aromatic heterocycles. The van der Waals surface area contributed by atoms with E-state index in [4.69, 9.17) is 27.9 Å². The van der Waals surface area contributed by atoms with Gasteiger partial charge in [0, 0.05) is 5.69 Å². The van der Waals surface area contributed by atoms with Crippen LogP contribution in [0.5, 0.6) is 5.75 Å². The van der Waals surface area contributed by atoms with Crippen molar-refractivity contribution in [3.8, 4) is 5.75 Å². The smallest absolute Gasteiger partial charge is 0.282 e. The van der Waals surface area contributed by atoms with Crippen molar-refractivity contribution in [1.29, 1.82) is 0 Å². The Morgan fingerprint density at radius 1 is 0.871 bits per heavy atom. The zero-order valence-electron chi connectivity index (χ0n) is 16.8. The van der Waals surface area contributed by atoms with E-state index in [0.29, 0.717) is 32.7 Å². The predicted octanol–water partition coefficient (Wildman–Crippen LogP) is 5.71. The number of hydrogen-bond acceptors (Lipinski definition) is 4. The number of anilines is 2. The highest BCUT2D eigenvalue weighted by atomic mass is 35.5. The van der Waals surface area contributed by atoms with Crippen LogP contribution in [0.1, 0.15) is 11.1 Å². The number of rotatable bonds is 5. The molecule has 1 aliphatic rings. The molecule has 0 fully saturated rings. The van der Waals surface area contributed by atoms with Crippen LogP contribution in [0.3, 0.4) is 0 Å². The van der Waals surface area contributed by atoms with Gasteiger partial charge in [0.2, 0.25) is 0 Å². The molecule has 0 unspecified atom stereocenters. The number of para-hydroxylation sites is 1. The van der Waals surface area contributed by atoms with E-state index in [1.54, 1.807) is 42.5 Å². The number of ether oxygens (including phenoxy) is 1. The lowest BCUT2D eigenvalue weighted by atomic mass is 10.0. The summed E-state index contributed by atoms with van der Waals surface area (Å²) in [6, 6.07) is 19.2. The van der Waals surface area contributed by atoms with Gasteiger partial charge in [-0.15, -0.1) is 0 Å². The zero-order valence-corrected chi connectivity index (χ0v) is 18.3. The van der Waals surface area contributed by atoms with Crippen molar-refractivity contribution in [2.24, 2.45) is 0 Å². The van der Waals surface area contributed by atoms with E-state index in [0.717, 1.165) is 10.5 Å². The van der Waals surface area contributed by atoms with Crippen molar-refractivity contribution in [3.05, 3.63) is 93.6 Å². The van der Waals surface area contributed by atoms with Crippen molar-refractivity contribution in [3.63, 3.8) is 0 Å². The fourth-order valence-corrected chi connectivity index (χ4v) is 3.85. The normalized spacial score (nSPS) is 13.7. The summed E-state index contributed by atoms with van der Waals surface area (Å²) in [7, 11) is 1.52. The Morgan fingerprint density at radius 2 is 1.58 bits per heavy atom. The monoisotopic (exact) mass is 452 g/mol. The highest BCUT2D eigenvalue weighted by Crippen LogP contribution is 2.37. The van der Waals surface area contributed by atoms with Crippen molar-refractivity contribution in [2.75, 3.05) is 17.3 Å². The van der Waals surface area contributed by atoms with Gasteiger partial charge in [-0.05, 0) is 42.8 Å². The van der Waals surface area contributed by atoms with Gasteiger partial charge >= 0.3 is 0 Å². The number of carbonyl (C=O) groups excluding carboxylic acids is 2. The van der Waals surface area contributed by atoms with Gasteiger partial charge in [-0.3, -0.25) is 9.59 Å². The van der Waals surface area contributed by atoms with E-state index in [1.165, 1.54) is 7.11 Å². The summed E-state index contributed by atoms with van der Waals surface area (Å²) >= 11 is 12.5. The summed E-state index contributed by atoms with van der Waals surface area (Å²) < 4.78 is 5.18. The molecule has 2 amide bonds. The van der Waals surface area contributed by atoms with E-state index < -0.39 is 11.8 Å². The molecule has 0 radical (unpaired) electrons. The first kappa shape index (κ1) is 21.0. The van der Waals surface area contributed by atoms with Crippen LogP contribution in [-0.2, 0) is 9.59 Å². The largest absolute Gasteiger partial charge is 0.495 e. The Morgan fingerprint density at radius 3 is 2.23 bits per heavy atom. The first-order valence-corrected chi connectivity index (χ1v) is 10.2. The Kier molecular flexibility index (Phi) is 5.72. The van der Waals surface area contributed by atoms with Gasteiger partial charge in [0.25, 0.3) is 11.8 Å². The average Bonchev–Trinajstić information content (AvgIpc) is 2.99. The molecule has 4 rings (SSSR count). The van der Waals surface area contributed by atoms with Gasteiger partial charge in [0.1, 0.15) is 11.4 Å². The Hall–Kier alpha value is -3.28. The van der Waals surface area contributed by atoms with E-state index in [-0.39, 0.29) is 11.3 Å². The highest BCUT2D eigenvalue weighted by Gasteiger charge is 2.41. The van der Waals surface area contributed by atoms with Gasteiger partial charge in [0.15, 0.2) is 0 Å². The zero-order chi connectivity index (χ0) is 22.1. The second-order valence-corrected chi connectivity index (χ2v) is 7.80. The van der Waals surface area contributed by atoms with Crippen molar-refractivity contribution in [1.82, 2.24) is 0 Å². The standard InChI is InChI=1S/C24H18Cl2N2O3/c1-14-7-9-15(10-8-14)21-22(27-16-11-12-20(31-2)18(26)13-16)24(30)28(23(21)29)19-6-4-3-5-17(19)25/h3-13,27H,1-2H3. The second kappa shape index (κ2) is 8.46. The minimum atomic E-state index is -0.499. The van der Waals surface area contributed by atoms with E-state index >= 15 is 0 Å². The van der Waals surface area contributed by atoms with E-state index in [2.05, 4.69) is 5.32 Å². The number of benzene rings is 3. The third-order valence-electron chi connectivity index (χ3n) is 4.94. The summed E-state index contributed by atoms with van der Waals surface area (Å²) in [6.45, 7) is 1.95. The van der Waals surface area contributed by atoms with E-state index in [9.17, 15) is 9.59 Å². The van der Waals surface area contributed by atoms with Crippen molar-refractivity contribution < 1.29 is 14.3 Å². The molecule has 156 valence electrons. The highest BCUT2D eigenvalue weighted by molar-refractivity contribution is 6.48. The molecule has 0 aliphatic carbocycles. The van der Waals surface area contributed by atoms with Crippen LogP contribution in [0.15, 0.2) is 72.4 Å². The lowest BCUT2D eigenvalue weighted by Gasteiger charge is -2.16. The molecule has 5 nitrogen and oxygen atoms in total. The van der Waals surface area contributed by atoms with Crippen LogP contribution < -0.4 is 15.0 Å². The van der Waals surface area contributed by atoms with Gasteiger partial charge < -0.3 is 10.1 Å². The molecule has 0 atom stereocenters. The number of hydrogen-bond donors (Lipinski definition) is 1. The van der Waals surface area contributed by atoms with E-state index in [1.807, 2.05) is 31.2 Å². The van der Waals surface area contributed by atoms with Crippen LogP contribution >= 0.6 is 23.2 Å². The Bertz CT molecular complexity index is 1220. The molecule has 7 heteroatoms. The van der Waals surface area contributed by atoms with Gasteiger partial charge in [-0.25, -0.2) is 4.90 Å². The fraction of sp³-hybridized carbons (Fsp3) is 0.0833. The van der Waals surface area contributed by atoms with Gasteiger partial charge in [-0.2, -0.15) is 0 Å². The molecule has 1 N–H and O–H groups in total. The number of imide groups is 1. The summed E-state index contributed by atoms with van der Waals surface area (Å²) in [4.78, 5) is 27.9. The van der Waals surface area contributed by atoms with Crippen LogP contribution in [0, 0.1) is 6.92 Å². The van der Waals surface area contributed by atoms with Crippen LogP contribution in [0.25, 0.3) is 5.57 Å². The first-order valence-electron chi connectivity index (χ1n) is 9.46. The number of carbonyl (C=O) groups is 2. The summed E-state index contributed by atoms with van der Waals surface area (Å²) in [5.74, 6) is -0.448. The molecule has 0 spiro atoms. The van der Waals surface area contributed by atoms with Crippen molar-refractivity contribution in [2.45, 2.75) is 6.92 Å². The molecule has 1 heterocycles. The molecule has 0 bridgehead atoms. The lowest BCUT2D eigenvalue weighted by molar-refractivity contribution is -0.120. The number of methoxy groups -OCH3 is 1. The molecular weight excluding hydrogens is 435 g/mol. The maximum absolute atomic E-state index is 13.4. The maximum atomic E-state index is 13.4. The summed E-state index contributed by atoms with van der Waals surface area (Å²) in [6.07, 6.45) is 0. The van der Waals surface area contributed by atoms with Crippen LogP contribution in [0.4, 0.5) is 11.4 Å². The molecule has 3 aromatic carbocycles. The van der Waals surface area contributed by atoms with Crippen molar-refractivity contribution >= 4 is 52.0 Å². The first-order chi connectivity index (χ1) is 14.9. The SMILES string of the molecule is COc1ccc(NC2=C(c3ccc(C)cc3)C(=O)N(c3ccccc3Cl)C2=O)cc1Cl. The second-order valence-electron chi connectivity index (χ2n) is 6.99. The number of aryl methyl sites for hydroxylation is 1. The van der Waals surface area contributed by atoms with Gasteiger partial charge in [-0.1, -0.05) is 65.2 Å². The Labute approximate surface area is 189 Å². The minimum absolute atomic E-state index is 0.148. The summed E-state index contributed by atoms with van der Waals surface area (Å²) in [5, 5.41) is 3.77. The third-order valence-corrected chi connectivity index (χ3v) is 5.55. The number of halogens is 2. The quantitative estimate of drug-likeness (QED) is 0.503. The van der Waals surface area contributed by atoms with Gasteiger partial charge in [0.05, 0.1) is 28.4 Å². The summed E-state index contributed by atoms with van der Waals surface area (Å²) in [5.41, 5.74) is 2.95. The molecule has 1 aliphatic heterocycles. The topological polar surface area (TPSA) is 58.6 Å². The molecule has 31 heavy (non-hydrogen) atoms. The third kappa shape index (κ3) is 3.90. The minimum Gasteiger partial charge on any atom is -0.495 e. The Balaban J connectivity index is 1.83. The lowest BCUT2D eigenvalue weighted by Crippen LogP contribution is -2.32. The molecule has 3 aromatic rings.